The van der Waals surface area contributed by atoms with Gasteiger partial charge in [0.25, 0.3) is 0 Å². The summed E-state index contributed by atoms with van der Waals surface area (Å²) in [4.78, 5) is 5.18. The molecule has 3 atom stereocenters. The maximum absolute atomic E-state index is 6.18. The van der Waals surface area contributed by atoms with Crippen LogP contribution in [-0.4, -0.2) is 75.0 Å². The van der Waals surface area contributed by atoms with Gasteiger partial charge in [-0.05, 0) is 25.2 Å². The summed E-state index contributed by atoms with van der Waals surface area (Å²) in [6, 6.07) is 0.678. The summed E-state index contributed by atoms with van der Waals surface area (Å²) in [6.07, 6.45) is 7.09. The molecule has 0 aromatic rings. The third-order valence-electron chi connectivity index (χ3n) is 5.51. The van der Waals surface area contributed by atoms with Gasteiger partial charge in [0.05, 0.1) is 19.3 Å². The molecule has 22 heavy (non-hydrogen) atoms. The maximum Gasteiger partial charge on any atom is 0.0601 e. The van der Waals surface area contributed by atoms with Gasteiger partial charge in [-0.2, -0.15) is 0 Å². The van der Waals surface area contributed by atoms with Crippen molar-refractivity contribution in [1.82, 2.24) is 9.80 Å². The summed E-state index contributed by atoms with van der Waals surface area (Å²) in [5.74, 6) is 0.753. The predicted octanol–water partition coefficient (Wildman–Crippen LogP) is 2.62. The molecule has 0 aromatic carbocycles. The van der Waals surface area contributed by atoms with Crippen molar-refractivity contribution >= 4 is 0 Å². The van der Waals surface area contributed by atoms with Crippen molar-refractivity contribution in [3.8, 4) is 0 Å². The third kappa shape index (κ3) is 5.48. The van der Waals surface area contributed by atoms with E-state index in [1.54, 1.807) is 7.11 Å². The molecular weight excluding hydrogens is 276 g/mol. The Kier molecular flexibility index (Phi) is 8.15. The minimum atomic E-state index is 0.513. The molecule has 0 aromatic heterocycles. The van der Waals surface area contributed by atoms with E-state index in [9.17, 15) is 0 Å². The van der Waals surface area contributed by atoms with E-state index in [0.29, 0.717) is 12.1 Å². The van der Waals surface area contributed by atoms with Crippen molar-refractivity contribution in [2.45, 2.75) is 58.1 Å². The fraction of sp³-hybridized carbons (Fsp3) is 1.00. The first-order valence-electron chi connectivity index (χ1n) is 9.31. The van der Waals surface area contributed by atoms with Crippen molar-refractivity contribution < 1.29 is 9.47 Å². The molecule has 1 saturated carbocycles. The molecule has 1 heterocycles. The molecular formula is C18H36N2O2. The van der Waals surface area contributed by atoms with Gasteiger partial charge in [-0.3, -0.25) is 9.80 Å². The molecule has 2 aliphatic rings. The lowest BCUT2D eigenvalue weighted by atomic mass is 9.88. The Labute approximate surface area is 137 Å². The Bertz CT molecular complexity index is 301. The molecule has 4 heteroatoms. The molecule has 4 nitrogen and oxygen atoms in total. The van der Waals surface area contributed by atoms with Crippen LogP contribution in [0.5, 0.6) is 0 Å². The average Bonchev–Trinajstić information content (AvgIpc) is 2.55. The van der Waals surface area contributed by atoms with Crippen LogP contribution in [-0.2, 0) is 9.47 Å². The monoisotopic (exact) mass is 312 g/mol. The van der Waals surface area contributed by atoms with Crippen LogP contribution in [0.15, 0.2) is 0 Å². The zero-order valence-electron chi connectivity index (χ0n) is 14.9. The first-order valence-corrected chi connectivity index (χ1v) is 9.31. The van der Waals surface area contributed by atoms with Crippen LogP contribution in [0.3, 0.4) is 0 Å². The molecule has 0 spiro atoms. The SMILES string of the molecule is CC[C@@H]1CN(CCO[C@@H]2CCCC[C@H]2C)CCN1CCOC. The van der Waals surface area contributed by atoms with Gasteiger partial charge in [0.15, 0.2) is 0 Å². The Morgan fingerprint density at radius 2 is 1.86 bits per heavy atom. The molecule has 2 fully saturated rings. The highest BCUT2D eigenvalue weighted by Crippen LogP contribution is 2.26. The number of ether oxygens (including phenoxy) is 2. The standard InChI is InChI=1S/C18H36N2O2/c1-4-17-15-19(9-10-20(17)12-13-21-3)11-14-22-18-8-6-5-7-16(18)2/h16-18H,4-15H2,1-3H3/t16-,17-,18-/m1/s1. The Hall–Kier alpha value is -0.160. The van der Waals surface area contributed by atoms with E-state index in [1.165, 1.54) is 51.7 Å². The van der Waals surface area contributed by atoms with Crippen LogP contribution in [0.4, 0.5) is 0 Å². The van der Waals surface area contributed by atoms with E-state index >= 15 is 0 Å². The number of nitrogens with zero attached hydrogens (tertiary/aromatic N) is 2. The van der Waals surface area contributed by atoms with Crippen LogP contribution < -0.4 is 0 Å². The minimum absolute atomic E-state index is 0.513. The third-order valence-corrected chi connectivity index (χ3v) is 5.51. The normalized spacial score (nSPS) is 31.5. The molecule has 1 saturated heterocycles. The van der Waals surface area contributed by atoms with Crippen molar-refractivity contribution in [3.05, 3.63) is 0 Å². The first kappa shape index (κ1) is 18.2. The van der Waals surface area contributed by atoms with Gasteiger partial charge in [0.2, 0.25) is 0 Å². The summed E-state index contributed by atoms with van der Waals surface area (Å²) in [6.45, 7) is 12.1. The van der Waals surface area contributed by atoms with Crippen LogP contribution >= 0.6 is 0 Å². The molecule has 0 bridgehead atoms. The summed E-state index contributed by atoms with van der Waals surface area (Å²) >= 11 is 0. The van der Waals surface area contributed by atoms with Gasteiger partial charge >= 0.3 is 0 Å². The lowest BCUT2D eigenvalue weighted by Crippen LogP contribution is -2.54. The van der Waals surface area contributed by atoms with Crippen LogP contribution in [0.2, 0.25) is 0 Å². The van der Waals surface area contributed by atoms with Crippen LogP contribution in [0, 0.1) is 5.92 Å². The van der Waals surface area contributed by atoms with E-state index in [2.05, 4.69) is 23.6 Å². The highest BCUT2D eigenvalue weighted by atomic mass is 16.5. The Morgan fingerprint density at radius 3 is 2.59 bits per heavy atom. The molecule has 1 aliphatic carbocycles. The molecule has 2 rings (SSSR count). The number of methoxy groups -OCH3 is 1. The van der Waals surface area contributed by atoms with Gasteiger partial charge in [0, 0.05) is 45.9 Å². The van der Waals surface area contributed by atoms with Crippen LogP contribution in [0.25, 0.3) is 0 Å². The lowest BCUT2D eigenvalue weighted by Gasteiger charge is -2.41. The van der Waals surface area contributed by atoms with Crippen molar-refractivity contribution in [1.29, 1.82) is 0 Å². The van der Waals surface area contributed by atoms with Crippen LogP contribution in [0.1, 0.15) is 46.0 Å². The summed E-state index contributed by atoms with van der Waals surface area (Å²) in [5, 5.41) is 0. The largest absolute Gasteiger partial charge is 0.383 e. The van der Waals surface area contributed by atoms with Gasteiger partial charge in [-0.15, -0.1) is 0 Å². The molecule has 0 N–H and O–H groups in total. The highest BCUT2D eigenvalue weighted by molar-refractivity contribution is 4.81. The van der Waals surface area contributed by atoms with Gasteiger partial charge in [0.1, 0.15) is 0 Å². The van der Waals surface area contributed by atoms with Crippen molar-refractivity contribution in [3.63, 3.8) is 0 Å². The Morgan fingerprint density at radius 1 is 1.05 bits per heavy atom. The Balaban J connectivity index is 1.66. The van der Waals surface area contributed by atoms with E-state index in [0.717, 1.165) is 32.2 Å². The smallest absolute Gasteiger partial charge is 0.0601 e. The number of hydrogen-bond donors (Lipinski definition) is 0. The number of hydrogen-bond acceptors (Lipinski definition) is 4. The quantitative estimate of drug-likeness (QED) is 0.688. The second kappa shape index (κ2) is 9.86. The molecule has 1 aliphatic heterocycles. The zero-order valence-corrected chi connectivity index (χ0v) is 14.9. The van der Waals surface area contributed by atoms with Crippen molar-refractivity contribution in [2.24, 2.45) is 5.92 Å². The number of rotatable bonds is 8. The average molecular weight is 312 g/mol. The van der Waals surface area contributed by atoms with E-state index in [1.807, 2.05) is 0 Å². The fourth-order valence-electron chi connectivity index (χ4n) is 3.91. The first-order chi connectivity index (χ1) is 10.7. The molecule has 0 amide bonds. The van der Waals surface area contributed by atoms with E-state index in [4.69, 9.17) is 9.47 Å². The lowest BCUT2D eigenvalue weighted by molar-refractivity contribution is -0.0242. The fourth-order valence-corrected chi connectivity index (χ4v) is 3.91. The predicted molar refractivity (Wildman–Crippen MR) is 91.3 cm³/mol. The maximum atomic E-state index is 6.18. The van der Waals surface area contributed by atoms with E-state index < -0.39 is 0 Å². The number of piperazine rings is 1. The second-order valence-corrected chi connectivity index (χ2v) is 7.06. The topological polar surface area (TPSA) is 24.9 Å². The van der Waals surface area contributed by atoms with Gasteiger partial charge in [-0.25, -0.2) is 0 Å². The highest BCUT2D eigenvalue weighted by Gasteiger charge is 2.26. The second-order valence-electron chi connectivity index (χ2n) is 7.06. The van der Waals surface area contributed by atoms with Crippen molar-refractivity contribution in [2.75, 3.05) is 53.0 Å². The molecule has 130 valence electrons. The summed E-state index contributed by atoms with van der Waals surface area (Å²) in [7, 11) is 1.79. The van der Waals surface area contributed by atoms with E-state index in [-0.39, 0.29) is 0 Å². The van der Waals surface area contributed by atoms with Gasteiger partial charge < -0.3 is 9.47 Å². The molecule has 0 radical (unpaired) electrons. The minimum Gasteiger partial charge on any atom is -0.383 e. The summed E-state index contributed by atoms with van der Waals surface area (Å²) in [5.41, 5.74) is 0. The molecule has 0 unspecified atom stereocenters. The summed E-state index contributed by atoms with van der Waals surface area (Å²) < 4.78 is 11.4. The zero-order chi connectivity index (χ0) is 15.8. The van der Waals surface area contributed by atoms with Gasteiger partial charge in [-0.1, -0.05) is 26.7 Å².